The number of aliphatic carboxylic acids is 1. The molecule has 14 nitrogen and oxygen atoms in total. The molecule has 7 atom stereocenters. The van der Waals surface area contributed by atoms with Crippen LogP contribution in [-0.4, -0.2) is 141 Å². The topological polar surface area (TPSA) is 201 Å². The molecule has 280 valence electrons. The number of rotatable bonds is 12. The lowest BCUT2D eigenvalue weighted by atomic mass is 9.81. The van der Waals surface area contributed by atoms with Gasteiger partial charge in [0, 0.05) is 64.6 Å². The minimum atomic E-state index is -1.95. The Kier molecular flexibility index (Phi) is 12.1. The number of carbonyl (C=O) groups excluding carboxylic acids is 2. The summed E-state index contributed by atoms with van der Waals surface area (Å²) in [5.41, 5.74) is 1.33. The number of amides is 2. The van der Waals surface area contributed by atoms with Crippen LogP contribution < -0.4 is 10.6 Å². The molecule has 3 saturated heterocycles. The molecule has 0 radical (unpaired) electrons. The molecule has 2 amide bonds. The van der Waals surface area contributed by atoms with Crippen LogP contribution >= 0.6 is 0 Å². The molecule has 3 fully saturated rings. The number of hydrogen-bond donors (Lipinski definition) is 7. The number of nitrogens with one attached hydrogen (secondary N) is 2. The number of aliphatic hydroxyl groups excluding tert-OH is 3. The zero-order valence-corrected chi connectivity index (χ0v) is 29.8. The highest BCUT2D eigenvalue weighted by atomic mass is 16.6. The predicted molar refractivity (Wildman–Crippen MR) is 186 cm³/mol. The van der Waals surface area contributed by atoms with Gasteiger partial charge in [-0.15, -0.1) is 0 Å². The fraction of sp³-hybridized carbons (Fsp3) is 0.595. The number of carboxylic acids is 1. The first-order chi connectivity index (χ1) is 24.1. The average Bonchev–Trinajstić information content (AvgIpc) is 3.47. The third-order valence-corrected chi connectivity index (χ3v) is 10.6. The second-order valence-electron chi connectivity index (χ2n) is 14.6. The van der Waals surface area contributed by atoms with Crippen molar-refractivity contribution in [3.63, 3.8) is 0 Å². The van der Waals surface area contributed by atoms with E-state index in [-0.39, 0.29) is 29.7 Å². The van der Waals surface area contributed by atoms with Crippen molar-refractivity contribution >= 4 is 17.8 Å². The zero-order valence-electron chi connectivity index (χ0n) is 29.8. The van der Waals surface area contributed by atoms with Gasteiger partial charge in [0.1, 0.15) is 18.0 Å². The largest absolute Gasteiger partial charge is 0.507 e. The van der Waals surface area contributed by atoms with Crippen molar-refractivity contribution in [3.8, 4) is 5.75 Å². The number of benzene rings is 2. The number of aryl methyl sites for hydroxylation is 3. The van der Waals surface area contributed by atoms with Gasteiger partial charge in [0.15, 0.2) is 5.60 Å². The Morgan fingerprint density at radius 2 is 1.80 bits per heavy atom. The van der Waals surface area contributed by atoms with Gasteiger partial charge in [0.25, 0.3) is 5.91 Å². The fourth-order valence-electron chi connectivity index (χ4n) is 7.84. The van der Waals surface area contributed by atoms with Crippen LogP contribution in [0.3, 0.4) is 0 Å². The monoisotopic (exact) mass is 712 g/mol. The lowest BCUT2D eigenvalue weighted by molar-refractivity contribution is -0.231. The summed E-state index contributed by atoms with van der Waals surface area (Å²) in [5.74, 6) is -2.39. The lowest BCUT2D eigenvalue weighted by Crippen LogP contribution is -2.68. The second-order valence-corrected chi connectivity index (χ2v) is 14.6. The Morgan fingerprint density at radius 1 is 1.08 bits per heavy atom. The minimum absolute atomic E-state index is 0.0403. The first-order valence-corrected chi connectivity index (χ1v) is 17.5. The van der Waals surface area contributed by atoms with E-state index in [1.165, 1.54) is 30.2 Å². The molecule has 7 N–H and O–H groups in total. The van der Waals surface area contributed by atoms with Gasteiger partial charge in [0.05, 0.1) is 37.0 Å². The number of hydrogen-bond acceptors (Lipinski definition) is 11. The van der Waals surface area contributed by atoms with Crippen molar-refractivity contribution in [2.45, 2.75) is 95.1 Å². The Bertz CT molecular complexity index is 1570. The first-order valence-electron chi connectivity index (χ1n) is 17.5. The maximum atomic E-state index is 13.0. The number of carboxylic acid groups (broad SMARTS) is 1. The number of nitrogens with zero attached hydrogens (tertiary/aromatic N) is 2. The van der Waals surface area contributed by atoms with E-state index in [9.17, 15) is 39.9 Å². The summed E-state index contributed by atoms with van der Waals surface area (Å²) in [6.07, 6.45) is -6.01. The highest BCUT2D eigenvalue weighted by Gasteiger charge is 2.55. The standard InChI is InChI=1S/C37H52N4O10/c1-22-6-5-7-26(14-22)19-40-10-8-36(20-40)21-50-13-12-41(36)11-9-37(35(48)49)17-28(43)30(39-25(4)42)33(51-37)32(46)29(44)18-38-34(47)27-15-23(2)31(45)24(3)16-27/h5-7,14-16,28-30,32-33,43-46H,8-13,17-21H2,1-4H3,(H,38,47)(H,39,42)(H,48,49)/t28-,29+,30+,32+,33+,36-,37+/m0/s1. The van der Waals surface area contributed by atoms with Gasteiger partial charge < -0.3 is 45.6 Å². The molecule has 14 heteroatoms. The smallest absolute Gasteiger partial charge is 0.336 e. The van der Waals surface area contributed by atoms with E-state index in [2.05, 4.69) is 45.6 Å². The van der Waals surface area contributed by atoms with Gasteiger partial charge in [-0.2, -0.15) is 0 Å². The van der Waals surface area contributed by atoms with Crippen LogP contribution in [0.2, 0.25) is 0 Å². The molecule has 0 aliphatic carbocycles. The quantitative estimate of drug-likeness (QED) is 0.162. The number of phenols is 1. The van der Waals surface area contributed by atoms with Crippen LogP contribution in [0.5, 0.6) is 5.75 Å². The Labute approximate surface area is 298 Å². The summed E-state index contributed by atoms with van der Waals surface area (Å²) >= 11 is 0. The first kappa shape index (κ1) is 38.6. The van der Waals surface area contributed by atoms with Crippen LogP contribution in [0, 0.1) is 20.8 Å². The highest BCUT2D eigenvalue weighted by Crippen LogP contribution is 2.38. The van der Waals surface area contributed by atoms with Crippen molar-refractivity contribution < 1.29 is 49.4 Å². The third-order valence-electron chi connectivity index (χ3n) is 10.6. The van der Waals surface area contributed by atoms with Crippen LogP contribution in [0.4, 0.5) is 0 Å². The van der Waals surface area contributed by atoms with E-state index in [0.29, 0.717) is 37.4 Å². The van der Waals surface area contributed by atoms with E-state index in [0.717, 1.165) is 26.1 Å². The van der Waals surface area contributed by atoms with Crippen LogP contribution in [0.25, 0.3) is 0 Å². The van der Waals surface area contributed by atoms with Gasteiger partial charge in [-0.25, -0.2) is 4.79 Å². The summed E-state index contributed by atoms with van der Waals surface area (Å²) < 4.78 is 12.1. The summed E-state index contributed by atoms with van der Waals surface area (Å²) in [4.78, 5) is 42.7. The predicted octanol–water partition coefficient (Wildman–Crippen LogP) is 0.614. The Hall–Kier alpha value is -3.63. The zero-order chi connectivity index (χ0) is 37.1. The molecule has 51 heavy (non-hydrogen) atoms. The normalized spacial score (nSPS) is 28.3. The Morgan fingerprint density at radius 3 is 2.47 bits per heavy atom. The van der Waals surface area contributed by atoms with Gasteiger partial charge in [-0.1, -0.05) is 29.8 Å². The van der Waals surface area contributed by atoms with Crippen molar-refractivity contribution in [2.24, 2.45) is 0 Å². The van der Waals surface area contributed by atoms with E-state index < -0.39 is 60.4 Å². The molecule has 5 rings (SSSR count). The van der Waals surface area contributed by atoms with Crippen LogP contribution in [0.1, 0.15) is 58.8 Å². The second kappa shape index (κ2) is 15.9. The molecule has 2 aromatic carbocycles. The summed E-state index contributed by atoms with van der Waals surface area (Å²) in [5, 5.41) is 59.5. The van der Waals surface area contributed by atoms with Crippen molar-refractivity contribution in [1.82, 2.24) is 20.4 Å². The number of aliphatic hydroxyl groups is 3. The molecule has 2 aromatic rings. The molecule has 1 spiro atoms. The van der Waals surface area contributed by atoms with Gasteiger partial charge in [-0.05, 0) is 56.0 Å². The van der Waals surface area contributed by atoms with Crippen molar-refractivity contribution in [1.29, 1.82) is 0 Å². The molecule has 0 aromatic heterocycles. The summed E-state index contributed by atoms with van der Waals surface area (Å²) in [6.45, 7) is 10.4. The number of phenolic OH excluding ortho intramolecular Hbond substituents is 1. The molecule has 0 bridgehead atoms. The molecule has 0 saturated carbocycles. The number of morpholine rings is 1. The summed E-state index contributed by atoms with van der Waals surface area (Å²) in [6, 6.07) is 10.1. The molecule has 0 unspecified atom stereocenters. The minimum Gasteiger partial charge on any atom is -0.507 e. The molecule has 3 heterocycles. The van der Waals surface area contributed by atoms with Crippen LogP contribution in [-0.2, 0) is 25.6 Å². The van der Waals surface area contributed by atoms with Gasteiger partial charge in [-0.3, -0.25) is 19.4 Å². The third kappa shape index (κ3) is 8.71. The SMILES string of the molecule is CC(=O)N[C@H]1[C@H]([C@H](O)[C@H](O)CNC(=O)c2cc(C)c(O)c(C)c2)O[C@@](CCN2CCOC[C@@]23CCN(Cc2cccc(C)c2)C3)(C(=O)O)C[C@@H]1O. The number of aromatic hydroxyl groups is 1. The summed E-state index contributed by atoms with van der Waals surface area (Å²) in [7, 11) is 0. The lowest BCUT2D eigenvalue weighted by Gasteiger charge is -2.49. The van der Waals surface area contributed by atoms with E-state index in [1.807, 2.05) is 6.07 Å². The van der Waals surface area contributed by atoms with Crippen molar-refractivity contribution in [2.75, 3.05) is 45.9 Å². The number of carbonyl (C=O) groups is 3. The Balaban J connectivity index is 1.29. The molecular weight excluding hydrogens is 660 g/mol. The highest BCUT2D eigenvalue weighted by molar-refractivity contribution is 5.94. The maximum absolute atomic E-state index is 13.0. The van der Waals surface area contributed by atoms with Gasteiger partial charge >= 0.3 is 5.97 Å². The maximum Gasteiger partial charge on any atom is 0.336 e. The number of likely N-dealkylation sites (tertiary alicyclic amines) is 1. The molecular formula is C37H52N4O10. The van der Waals surface area contributed by atoms with E-state index in [1.54, 1.807) is 13.8 Å². The molecule has 3 aliphatic heterocycles. The van der Waals surface area contributed by atoms with E-state index >= 15 is 0 Å². The number of ether oxygens (including phenoxy) is 2. The molecule has 3 aliphatic rings. The van der Waals surface area contributed by atoms with Crippen molar-refractivity contribution in [3.05, 3.63) is 64.2 Å². The average molecular weight is 713 g/mol. The van der Waals surface area contributed by atoms with Crippen LogP contribution in [0.15, 0.2) is 36.4 Å². The van der Waals surface area contributed by atoms with Gasteiger partial charge in [0.2, 0.25) is 5.91 Å². The van der Waals surface area contributed by atoms with E-state index in [4.69, 9.17) is 9.47 Å². The fourth-order valence-corrected chi connectivity index (χ4v) is 7.84.